The van der Waals surface area contributed by atoms with E-state index in [2.05, 4.69) is 81.3 Å². The number of hydrogen-bond acceptors (Lipinski definition) is 9. The van der Waals surface area contributed by atoms with Gasteiger partial charge in [0.25, 0.3) is 11.8 Å². The number of aliphatic hydroxyl groups excluding tert-OH is 1. The number of nitrogens with one attached hydrogen (secondary N) is 2. The molecule has 0 bridgehead atoms. The number of aliphatic hydroxyl groups is 1. The van der Waals surface area contributed by atoms with E-state index < -0.39 is 0 Å². The van der Waals surface area contributed by atoms with Gasteiger partial charge in [0.15, 0.2) is 5.65 Å². The minimum atomic E-state index is -0.252. The van der Waals surface area contributed by atoms with Crippen molar-refractivity contribution in [2.45, 2.75) is 82.3 Å². The second-order valence-corrected chi connectivity index (χ2v) is 17.5. The summed E-state index contributed by atoms with van der Waals surface area (Å²) < 4.78 is 1.61. The van der Waals surface area contributed by atoms with Crippen molar-refractivity contribution in [3.8, 4) is 0 Å². The van der Waals surface area contributed by atoms with Gasteiger partial charge in [-0.15, -0.1) is 4.99 Å². The quantitative estimate of drug-likeness (QED) is 0.231. The molecule has 1 atom stereocenters. The molecule has 3 amide bonds. The van der Waals surface area contributed by atoms with Crippen LogP contribution in [0.4, 0.5) is 17.1 Å². The van der Waals surface area contributed by atoms with E-state index in [0.29, 0.717) is 42.6 Å². The van der Waals surface area contributed by atoms with Crippen LogP contribution in [0.5, 0.6) is 0 Å². The Morgan fingerprint density at radius 3 is 2.34 bits per heavy atom. The summed E-state index contributed by atoms with van der Waals surface area (Å²) in [5, 5.41) is 17.9. The third-order valence-corrected chi connectivity index (χ3v) is 14.1. The van der Waals surface area contributed by atoms with Crippen molar-refractivity contribution in [1.29, 1.82) is 0 Å². The lowest BCUT2D eigenvalue weighted by Crippen LogP contribution is -2.80. The monoisotopic (exact) mass is 799 g/mol. The zero-order valence-corrected chi connectivity index (χ0v) is 33.8. The Bertz CT molecular complexity index is 2250. The van der Waals surface area contributed by atoms with E-state index in [0.717, 1.165) is 112 Å². The highest BCUT2D eigenvalue weighted by Crippen LogP contribution is 2.39. The maximum atomic E-state index is 14.2. The number of piperidine rings is 3. The number of anilines is 3. The van der Waals surface area contributed by atoms with Gasteiger partial charge in [0.2, 0.25) is 0 Å². The Morgan fingerprint density at radius 2 is 1.61 bits per heavy atom. The zero-order valence-electron chi connectivity index (χ0n) is 33.8. The average molecular weight is 800 g/mol. The predicted molar refractivity (Wildman–Crippen MR) is 225 cm³/mol. The van der Waals surface area contributed by atoms with Crippen molar-refractivity contribution in [2.75, 3.05) is 74.0 Å². The number of benzene rings is 2. The maximum Gasteiger partial charge on any atom is 0.388 e. The molecule has 0 spiro atoms. The molecule has 14 heteroatoms. The smallest absolute Gasteiger partial charge is 0.388 e. The number of nitrogens with zero attached hydrogens (tertiary/aromatic N) is 8. The lowest BCUT2D eigenvalue weighted by Gasteiger charge is -2.43. The molecule has 0 saturated carbocycles. The molecule has 3 N–H and O–H groups in total. The van der Waals surface area contributed by atoms with Crippen molar-refractivity contribution in [2.24, 2.45) is 5.92 Å². The highest BCUT2D eigenvalue weighted by atomic mass is 16.3. The third-order valence-electron chi connectivity index (χ3n) is 14.1. The molecule has 4 saturated heterocycles. The largest absolute Gasteiger partial charge is 0.463 e. The summed E-state index contributed by atoms with van der Waals surface area (Å²) in [6, 6.07) is 15.2. The first-order valence-corrected chi connectivity index (χ1v) is 21.8. The van der Waals surface area contributed by atoms with Crippen molar-refractivity contribution in [1.82, 2.24) is 29.3 Å². The molecule has 308 valence electrons. The molecular weight excluding hydrogens is 745 g/mol. The van der Waals surface area contributed by atoms with Gasteiger partial charge in [-0.2, -0.15) is 5.10 Å². The van der Waals surface area contributed by atoms with Crippen LogP contribution in [0.3, 0.4) is 0 Å². The number of hydrogen-bond donors (Lipinski definition) is 3. The maximum absolute atomic E-state index is 14.2. The normalized spacial score (nSPS) is 22.8. The predicted octanol–water partition coefficient (Wildman–Crippen LogP) is 3.43. The third kappa shape index (κ3) is 7.56. The van der Waals surface area contributed by atoms with Crippen LogP contribution in [0.2, 0.25) is 0 Å². The highest BCUT2D eigenvalue weighted by Gasteiger charge is 2.38. The van der Waals surface area contributed by atoms with E-state index in [1.54, 1.807) is 29.2 Å². The lowest BCUT2D eigenvalue weighted by atomic mass is 9.91. The average Bonchev–Trinajstić information content (AvgIpc) is 3.82. The topological polar surface area (TPSA) is 144 Å². The number of carbonyl (C=O) groups is 3. The Hall–Kier alpha value is -5.34. The van der Waals surface area contributed by atoms with E-state index in [9.17, 15) is 19.5 Å². The fourth-order valence-corrected chi connectivity index (χ4v) is 10.5. The van der Waals surface area contributed by atoms with Crippen LogP contribution < -0.4 is 20.1 Å². The summed E-state index contributed by atoms with van der Waals surface area (Å²) in [7, 11) is 0. The van der Waals surface area contributed by atoms with Gasteiger partial charge in [0.05, 0.1) is 24.0 Å². The van der Waals surface area contributed by atoms with E-state index in [1.807, 2.05) is 0 Å². The number of amides is 3. The fourth-order valence-electron chi connectivity index (χ4n) is 10.5. The number of carbonyl (C=O) groups excluding carboxylic acids is 3. The number of fused-ring (bicyclic) bond motifs is 2. The second kappa shape index (κ2) is 16.0. The van der Waals surface area contributed by atoms with Crippen LogP contribution in [0.15, 0.2) is 61.1 Å². The van der Waals surface area contributed by atoms with Gasteiger partial charge < -0.3 is 34.9 Å². The summed E-state index contributed by atoms with van der Waals surface area (Å²) in [6.07, 6.45) is 13.7. The first-order chi connectivity index (χ1) is 28.8. The van der Waals surface area contributed by atoms with Crippen molar-refractivity contribution in [3.63, 3.8) is 0 Å². The summed E-state index contributed by atoms with van der Waals surface area (Å²) >= 11 is 0. The highest BCUT2D eigenvalue weighted by molar-refractivity contribution is 6.10. The summed E-state index contributed by atoms with van der Waals surface area (Å²) in [4.78, 5) is 58.7. The van der Waals surface area contributed by atoms with Crippen LogP contribution in [0.1, 0.15) is 95.5 Å². The standard InChI is InChI=1S/C45H54N10O4/c56-41-8-7-36(43(57)49-41)31-3-5-33(6-4-31)52-21-9-30(10-22-52)28-50-19-11-35(12-20-50)54-29-32-25-39(48-44(58)38-27-47-55-18-1-15-46-42(38)55)40(26-37(32)45(54)59)53-23-13-34(14-24-53)51-16-2-17-51/h1,3-6,15,18,25-27,30,34-36H,2,7-14,16-17,19-24,28-29H2,(H,48,58)(H,49,56,57)/p+1. The van der Waals surface area contributed by atoms with E-state index in [4.69, 9.17) is 0 Å². The Labute approximate surface area is 344 Å². The minimum Gasteiger partial charge on any atom is -0.463 e. The first-order valence-electron chi connectivity index (χ1n) is 21.8. The van der Waals surface area contributed by atoms with Crippen LogP contribution in [-0.4, -0.2) is 129 Å². The minimum absolute atomic E-state index is 0.0592. The summed E-state index contributed by atoms with van der Waals surface area (Å²) in [5.74, 6) is 0.307. The molecule has 4 aromatic rings. The van der Waals surface area contributed by atoms with Gasteiger partial charge in [-0.25, -0.2) is 14.3 Å². The molecule has 14 nitrogen and oxygen atoms in total. The lowest BCUT2D eigenvalue weighted by molar-refractivity contribution is -0.393. The molecule has 4 fully saturated rings. The molecule has 2 aromatic carbocycles. The van der Waals surface area contributed by atoms with Crippen molar-refractivity contribution < 1.29 is 24.5 Å². The van der Waals surface area contributed by atoms with Crippen LogP contribution in [-0.2, 0) is 11.3 Å². The Kier molecular flexibility index (Phi) is 10.3. The van der Waals surface area contributed by atoms with Gasteiger partial charge in [0.1, 0.15) is 11.5 Å². The molecular formula is C45H55N10O4+. The Balaban J connectivity index is 0.760. The molecule has 8 heterocycles. The van der Waals surface area contributed by atoms with Gasteiger partial charge in [-0.1, -0.05) is 12.1 Å². The van der Waals surface area contributed by atoms with Crippen molar-refractivity contribution >= 4 is 46.3 Å². The molecule has 2 aromatic heterocycles. The first kappa shape index (κ1) is 37.9. The molecule has 10 rings (SSSR count). The summed E-state index contributed by atoms with van der Waals surface area (Å²) in [6.45, 7) is 9.84. The number of rotatable bonds is 9. The zero-order chi connectivity index (χ0) is 40.0. The van der Waals surface area contributed by atoms with Crippen LogP contribution >= 0.6 is 0 Å². The molecule has 0 aliphatic carbocycles. The SMILES string of the molecule is O=C1CCC(c2ccc(N3CCC(CN4CCC(N5Cc6cc(NC(=O)c7cnn8cccnc78)c(N7CCC(N8CCC8)CC7)cc6C5=O)CC4)CC3)cc2)C(O)=[NH+]1. The Morgan fingerprint density at radius 1 is 0.864 bits per heavy atom. The van der Waals surface area contributed by atoms with Gasteiger partial charge >= 0.3 is 11.8 Å². The number of likely N-dealkylation sites (tertiary alicyclic amines) is 2. The van der Waals surface area contributed by atoms with Gasteiger partial charge in [-0.05, 0) is 112 Å². The van der Waals surface area contributed by atoms with E-state index >= 15 is 0 Å². The van der Waals surface area contributed by atoms with E-state index in [-0.39, 0.29) is 35.6 Å². The van der Waals surface area contributed by atoms with E-state index in [1.165, 1.54) is 25.2 Å². The fraction of sp³-hybridized carbons (Fsp3) is 0.511. The van der Waals surface area contributed by atoms with Gasteiger partial charge in [-0.3, -0.25) is 9.59 Å². The number of aromatic nitrogens is 3. The molecule has 6 aliphatic rings. The molecule has 6 aliphatic heterocycles. The molecule has 0 radical (unpaired) electrons. The summed E-state index contributed by atoms with van der Waals surface area (Å²) in [5.41, 5.74) is 6.59. The van der Waals surface area contributed by atoms with Crippen LogP contribution in [0.25, 0.3) is 5.65 Å². The molecule has 1 unspecified atom stereocenters. The van der Waals surface area contributed by atoms with Crippen molar-refractivity contribution in [3.05, 3.63) is 83.3 Å². The second-order valence-electron chi connectivity index (χ2n) is 17.5. The van der Waals surface area contributed by atoms with Crippen LogP contribution in [0, 0.1) is 5.92 Å². The molecule has 59 heavy (non-hydrogen) atoms. The van der Waals surface area contributed by atoms with Gasteiger partial charge in [0, 0.05) is 88.1 Å².